The lowest BCUT2D eigenvalue weighted by molar-refractivity contribution is 0.0787. The quantitative estimate of drug-likeness (QED) is 0.574. The van der Waals surface area contributed by atoms with E-state index in [1.165, 1.54) is 5.56 Å². The highest BCUT2D eigenvalue weighted by Crippen LogP contribution is 2.17. The lowest BCUT2D eigenvalue weighted by atomic mass is 10.2. The van der Waals surface area contributed by atoms with Crippen molar-refractivity contribution >= 4 is 11.4 Å². The van der Waals surface area contributed by atoms with Crippen LogP contribution in [0.2, 0.25) is 0 Å². The summed E-state index contributed by atoms with van der Waals surface area (Å²) < 4.78 is 5.47. The molecule has 3 heteroatoms. The number of hydrogen-bond acceptors (Lipinski definition) is 3. The molecule has 0 aliphatic rings. The Morgan fingerprint density at radius 3 is 2.75 bits per heavy atom. The van der Waals surface area contributed by atoms with E-state index in [-0.39, 0.29) is 0 Å². The zero-order chi connectivity index (χ0) is 12.0. The average molecular weight is 222 g/mol. The fraction of sp³-hybridized carbons (Fsp3) is 0.538. The summed E-state index contributed by atoms with van der Waals surface area (Å²) in [5.41, 5.74) is 8.84. The Morgan fingerprint density at radius 1 is 1.38 bits per heavy atom. The number of ether oxygens (including phenoxy) is 1. The van der Waals surface area contributed by atoms with Crippen LogP contribution in [-0.4, -0.2) is 19.3 Å². The molecule has 16 heavy (non-hydrogen) atoms. The first-order valence-electron chi connectivity index (χ1n) is 5.81. The number of nitrogens with one attached hydrogen (secondary N) is 1. The predicted molar refractivity (Wildman–Crippen MR) is 69.8 cm³/mol. The summed E-state index contributed by atoms with van der Waals surface area (Å²) in [6.45, 7) is 7.90. The number of rotatable bonds is 6. The topological polar surface area (TPSA) is 47.3 Å². The largest absolute Gasteiger partial charge is 0.399 e. The predicted octanol–water partition coefficient (Wildman–Crippen LogP) is 2.80. The van der Waals surface area contributed by atoms with E-state index in [4.69, 9.17) is 10.5 Å². The van der Waals surface area contributed by atoms with Gasteiger partial charge in [0, 0.05) is 24.5 Å². The first-order chi connectivity index (χ1) is 7.59. The first-order valence-corrected chi connectivity index (χ1v) is 5.81. The summed E-state index contributed by atoms with van der Waals surface area (Å²) in [5.74, 6) is 0. The minimum absolute atomic E-state index is 0.318. The first kappa shape index (κ1) is 12.8. The van der Waals surface area contributed by atoms with Crippen LogP contribution in [-0.2, 0) is 4.74 Å². The van der Waals surface area contributed by atoms with Gasteiger partial charge in [0.2, 0.25) is 0 Å². The Hall–Kier alpha value is -1.22. The summed E-state index contributed by atoms with van der Waals surface area (Å²) in [4.78, 5) is 0. The SMILES string of the molecule is Cc1cc(N)ccc1NCCCOC(C)C. The number of benzene rings is 1. The molecule has 0 heterocycles. The zero-order valence-electron chi connectivity index (χ0n) is 10.4. The third-order valence-corrected chi connectivity index (χ3v) is 2.34. The summed E-state index contributed by atoms with van der Waals surface area (Å²) in [5, 5.41) is 3.38. The molecule has 0 fully saturated rings. The van der Waals surface area contributed by atoms with Crippen LogP contribution >= 0.6 is 0 Å². The van der Waals surface area contributed by atoms with Gasteiger partial charge in [0.05, 0.1) is 6.10 Å². The van der Waals surface area contributed by atoms with E-state index in [1.807, 2.05) is 18.2 Å². The molecule has 0 aliphatic heterocycles. The number of nitrogens with two attached hydrogens (primary N) is 1. The molecule has 1 aromatic rings. The molecule has 1 rings (SSSR count). The highest BCUT2D eigenvalue weighted by molar-refractivity contribution is 5.57. The maximum absolute atomic E-state index is 5.69. The number of anilines is 2. The second-order valence-electron chi connectivity index (χ2n) is 4.27. The van der Waals surface area contributed by atoms with Gasteiger partial charge < -0.3 is 15.8 Å². The molecule has 0 bridgehead atoms. The zero-order valence-corrected chi connectivity index (χ0v) is 10.4. The molecule has 0 unspecified atom stereocenters. The van der Waals surface area contributed by atoms with E-state index >= 15 is 0 Å². The molecule has 0 radical (unpaired) electrons. The molecule has 0 aromatic heterocycles. The number of aryl methyl sites for hydroxylation is 1. The van der Waals surface area contributed by atoms with Gasteiger partial charge in [-0.3, -0.25) is 0 Å². The van der Waals surface area contributed by atoms with Crippen LogP contribution in [0, 0.1) is 6.92 Å². The Morgan fingerprint density at radius 2 is 2.12 bits per heavy atom. The molecule has 3 N–H and O–H groups in total. The Kier molecular flexibility index (Phi) is 5.12. The van der Waals surface area contributed by atoms with Crippen molar-refractivity contribution in [2.75, 3.05) is 24.2 Å². The second kappa shape index (κ2) is 6.38. The highest BCUT2D eigenvalue weighted by Gasteiger charge is 1.98. The second-order valence-corrected chi connectivity index (χ2v) is 4.27. The van der Waals surface area contributed by atoms with E-state index in [2.05, 4.69) is 26.1 Å². The molecule has 0 saturated carbocycles. The Labute approximate surface area is 98.0 Å². The number of nitrogen functional groups attached to an aromatic ring is 1. The van der Waals surface area contributed by atoms with Gasteiger partial charge in [-0.25, -0.2) is 0 Å². The smallest absolute Gasteiger partial charge is 0.0518 e. The molecule has 90 valence electrons. The van der Waals surface area contributed by atoms with Crippen LogP contribution in [0.5, 0.6) is 0 Å². The Balaban J connectivity index is 2.27. The van der Waals surface area contributed by atoms with Crippen molar-refractivity contribution in [3.05, 3.63) is 23.8 Å². The molecular formula is C13H22N2O. The lowest BCUT2D eigenvalue weighted by Gasteiger charge is -2.11. The molecule has 0 spiro atoms. The van der Waals surface area contributed by atoms with E-state index in [0.29, 0.717) is 6.10 Å². The van der Waals surface area contributed by atoms with Crippen molar-refractivity contribution in [3.63, 3.8) is 0 Å². The summed E-state index contributed by atoms with van der Waals surface area (Å²) in [7, 11) is 0. The average Bonchev–Trinajstić information content (AvgIpc) is 2.20. The molecule has 0 amide bonds. The van der Waals surface area contributed by atoms with Crippen LogP contribution in [0.25, 0.3) is 0 Å². The fourth-order valence-corrected chi connectivity index (χ4v) is 1.50. The number of hydrogen-bond donors (Lipinski definition) is 2. The molecule has 0 saturated heterocycles. The van der Waals surface area contributed by atoms with E-state index < -0.39 is 0 Å². The summed E-state index contributed by atoms with van der Waals surface area (Å²) in [6.07, 6.45) is 1.33. The van der Waals surface area contributed by atoms with Crippen LogP contribution < -0.4 is 11.1 Å². The Bertz CT molecular complexity index is 324. The van der Waals surface area contributed by atoms with Gasteiger partial charge in [0.15, 0.2) is 0 Å². The molecule has 0 aliphatic carbocycles. The van der Waals surface area contributed by atoms with Crippen LogP contribution in [0.4, 0.5) is 11.4 Å². The van der Waals surface area contributed by atoms with Crippen LogP contribution in [0.15, 0.2) is 18.2 Å². The van der Waals surface area contributed by atoms with Crippen molar-refractivity contribution in [2.45, 2.75) is 33.3 Å². The maximum atomic E-state index is 5.69. The molecule has 0 atom stereocenters. The van der Waals surface area contributed by atoms with Gasteiger partial charge in [-0.05, 0) is 51.0 Å². The molecule has 3 nitrogen and oxygen atoms in total. The monoisotopic (exact) mass is 222 g/mol. The van der Waals surface area contributed by atoms with Crippen molar-refractivity contribution in [3.8, 4) is 0 Å². The van der Waals surface area contributed by atoms with Gasteiger partial charge in [0.25, 0.3) is 0 Å². The van der Waals surface area contributed by atoms with Crippen molar-refractivity contribution in [1.82, 2.24) is 0 Å². The van der Waals surface area contributed by atoms with Crippen LogP contribution in [0.1, 0.15) is 25.8 Å². The standard InChI is InChI=1S/C13H22N2O/c1-10(2)16-8-4-7-15-13-6-5-12(14)9-11(13)3/h5-6,9-10,15H,4,7-8,14H2,1-3H3. The summed E-state index contributed by atoms with van der Waals surface area (Å²) >= 11 is 0. The third-order valence-electron chi connectivity index (χ3n) is 2.34. The minimum Gasteiger partial charge on any atom is -0.399 e. The minimum atomic E-state index is 0.318. The van der Waals surface area contributed by atoms with Gasteiger partial charge in [-0.2, -0.15) is 0 Å². The third kappa shape index (κ3) is 4.53. The van der Waals surface area contributed by atoms with Gasteiger partial charge >= 0.3 is 0 Å². The van der Waals surface area contributed by atoms with Crippen molar-refractivity contribution < 1.29 is 4.74 Å². The van der Waals surface area contributed by atoms with Crippen molar-refractivity contribution in [1.29, 1.82) is 0 Å². The molecule has 1 aromatic carbocycles. The van der Waals surface area contributed by atoms with Gasteiger partial charge in [0.1, 0.15) is 0 Å². The fourth-order valence-electron chi connectivity index (χ4n) is 1.50. The highest BCUT2D eigenvalue weighted by atomic mass is 16.5. The maximum Gasteiger partial charge on any atom is 0.0518 e. The van der Waals surface area contributed by atoms with Crippen molar-refractivity contribution in [2.24, 2.45) is 0 Å². The normalized spacial score (nSPS) is 10.8. The van der Waals surface area contributed by atoms with E-state index in [0.717, 1.165) is 30.9 Å². The van der Waals surface area contributed by atoms with E-state index in [9.17, 15) is 0 Å². The van der Waals surface area contributed by atoms with Crippen LogP contribution in [0.3, 0.4) is 0 Å². The van der Waals surface area contributed by atoms with Gasteiger partial charge in [-0.15, -0.1) is 0 Å². The molecular weight excluding hydrogens is 200 g/mol. The lowest BCUT2D eigenvalue weighted by Crippen LogP contribution is -2.09. The summed E-state index contributed by atoms with van der Waals surface area (Å²) in [6, 6.07) is 5.92. The van der Waals surface area contributed by atoms with E-state index in [1.54, 1.807) is 0 Å². The van der Waals surface area contributed by atoms with Gasteiger partial charge in [-0.1, -0.05) is 0 Å².